The summed E-state index contributed by atoms with van der Waals surface area (Å²) in [4.78, 5) is 42.6. The first kappa shape index (κ1) is 35.0. The summed E-state index contributed by atoms with van der Waals surface area (Å²) < 4.78 is 10.7. The molecule has 42 heavy (non-hydrogen) atoms. The van der Waals surface area contributed by atoms with Crippen molar-refractivity contribution in [2.45, 2.75) is 97.8 Å². The lowest BCUT2D eigenvalue weighted by molar-refractivity contribution is -0.140. The molecule has 9 heteroatoms. The minimum atomic E-state index is -0.982. The van der Waals surface area contributed by atoms with E-state index < -0.39 is 23.8 Å². The zero-order valence-corrected chi connectivity index (χ0v) is 27.2. The Kier molecular flexibility index (Phi) is 14.2. The van der Waals surface area contributed by atoms with Crippen LogP contribution in [0, 0.1) is 13.8 Å². The lowest BCUT2D eigenvalue weighted by Gasteiger charge is -2.35. The molecule has 0 aromatic heterocycles. The van der Waals surface area contributed by atoms with Gasteiger partial charge in [-0.15, -0.1) is 0 Å². The first-order chi connectivity index (χ1) is 19.9. The van der Waals surface area contributed by atoms with E-state index in [1.807, 2.05) is 32.0 Å². The number of unbranched alkanes of at least 4 members (excludes halogenated alkanes) is 5. The molecule has 0 fully saturated rings. The van der Waals surface area contributed by atoms with Gasteiger partial charge in [0.25, 0.3) is 5.91 Å². The van der Waals surface area contributed by atoms with Crippen LogP contribution in [0.3, 0.4) is 0 Å². The lowest BCUT2D eigenvalue weighted by atomic mass is 9.94. The third kappa shape index (κ3) is 10.9. The second kappa shape index (κ2) is 17.0. The number of anilines is 1. The van der Waals surface area contributed by atoms with Crippen LogP contribution < -0.4 is 15.4 Å². The molecule has 0 aliphatic rings. The van der Waals surface area contributed by atoms with E-state index in [0.717, 1.165) is 48.8 Å². The molecule has 0 spiro atoms. The van der Waals surface area contributed by atoms with Gasteiger partial charge in [0.15, 0.2) is 0 Å². The first-order valence-electron chi connectivity index (χ1n) is 14.8. The first-order valence-corrected chi connectivity index (χ1v) is 15.5. The molecule has 0 aliphatic carbocycles. The van der Waals surface area contributed by atoms with E-state index in [1.165, 1.54) is 6.42 Å². The average Bonchev–Trinajstić information content (AvgIpc) is 2.94. The van der Waals surface area contributed by atoms with Crippen LogP contribution in [-0.2, 0) is 14.3 Å². The monoisotopic (exact) mass is 599 g/mol. The molecule has 0 saturated heterocycles. The van der Waals surface area contributed by atoms with E-state index in [0.29, 0.717) is 18.0 Å². The second-order valence-electron chi connectivity index (χ2n) is 11.6. The summed E-state index contributed by atoms with van der Waals surface area (Å²) >= 11 is 4.40. The van der Waals surface area contributed by atoms with Crippen LogP contribution >= 0.6 is 12.6 Å². The van der Waals surface area contributed by atoms with E-state index in [-0.39, 0.29) is 17.6 Å². The number of rotatable bonds is 15. The number of thiol groups is 1. The number of nitrogens with one attached hydrogen (secondary N) is 2. The predicted molar refractivity (Wildman–Crippen MR) is 172 cm³/mol. The number of methoxy groups -OCH3 is 1. The molecular formula is C33H49N3O5S. The van der Waals surface area contributed by atoms with Crippen LogP contribution in [0.4, 0.5) is 10.5 Å². The van der Waals surface area contributed by atoms with E-state index in [2.05, 4.69) is 30.2 Å². The van der Waals surface area contributed by atoms with Gasteiger partial charge in [-0.05, 0) is 82.0 Å². The summed E-state index contributed by atoms with van der Waals surface area (Å²) in [7, 11) is 1.58. The summed E-state index contributed by atoms with van der Waals surface area (Å²) in [6.45, 7) is 11.7. The fourth-order valence-electron chi connectivity index (χ4n) is 4.67. The molecule has 3 amide bonds. The van der Waals surface area contributed by atoms with Gasteiger partial charge in [-0.3, -0.25) is 9.59 Å². The minimum absolute atomic E-state index is 0.0463. The molecule has 2 atom stereocenters. The van der Waals surface area contributed by atoms with Crippen LogP contribution in [0.15, 0.2) is 42.5 Å². The Morgan fingerprint density at radius 2 is 1.60 bits per heavy atom. The Bertz CT molecular complexity index is 1160. The smallest absolute Gasteiger partial charge is 0.408 e. The molecule has 0 heterocycles. The topological polar surface area (TPSA) is 97.0 Å². The number of nitrogens with zero attached hydrogens (tertiary/aromatic N) is 1. The molecule has 232 valence electrons. The number of amides is 3. The fraction of sp³-hybridized carbons (Fsp3) is 0.545. The standard InChI is InChI=1S/C33H49N3O5S/c1-8-9-10-11-12-13-21-36(31(38)28(22-42)35-32(39)41-33(4,5)6)29(27-16-14-15-23(2)24(27)3)30(37)34-25-17-19-26(40-7)20-18-25/h14-20,28-29,42H,8-13,21-22H2,1-7H3,(H,34,37)(H,35,39). The maximum atomic E-state index is 14.2. The maximum absolute atomic E-state index is 14.2. The predicted octanol–water partition coefficient (Wildman–Crippen LogP) is 7.00. The van der Waals surface area contributed by atoms with Crippen molar-refractivity contribution in [1.29, 1.82) is 0 Å². The Labute approximate surface area is 257 Å². The van der Waals surface area contributed by atoms with Gasteiger partial charge in [0, 0.05) is 18.0 Å². The third-order valence-corrected chi connectivity index (χ3v) is 7.43. The van der Waals surface area contributed by atoms with Crippen LogP contribution in [0.25, 0.3) is 0 Å². The van der Waals surface area contributed by atoms with E-state index in [9.17, 15) is 14.4 Å². The Balaban J connectivity index is 2.50. The van der Waals surface area contributed by atoms with Crippen LogP contribution in [0.2, 0.25) is 0 Å². The highest BCUT2D eigenvalue weighted by molar-refractivity contribution is 7.80. The highest BCUT2D eigenvalue weighted by atomic mass is 32.1. The Morgan fingerprint density at radius 1 is 0.952 bits per heavy atom. The molecule has 2 aromatic rings. The largest absolute Gasteiger partial charge is 0.497 e. The zero-order valence-electron chi connectivity index (χ0n) is 26.3. The van der Waals surface area contributed by atoms with Gasteiger partial charge in [-0.1, -0.05) is 57.2 Å². The SMILES string of the molecule is CCCCCCCCN(C(=O)C(CS)NC(=O)OC(C)(C)C)C(C(=O)Nc1ccc(OC)cc1)c1cccc(C)c1C. The van der Waals surface area contributed by atoms with Gasteiger partial charge in [-0.2, -0.15) is 12.6 Å². The number of benzene rings is 2. The maximum Gasteiger partial charge on any atom is 0.408 e. The van der Waals surface area contributed by atoms with Crippen molar-refractivity contribution in [3.05, 3.63) is 59.2 Å². The van der Waals surface area contributed by atoms with Crippen molar-refractivity contribution in [2.24, 2.45) is 0 Å². The summed E-state index contributed by atoms with van der Waals surface area (Å²) in [6, 6.07) is 10.9. The van der Waals surface area contributed by atoms with Gasteiger partial charge in [0.2, 0.25) is 5.91 Å². The van der Waals surface area contributed by atoms with E-state index >= 15 is 0 Å². The van der Waals surface area contributed by atoms with Crippen molar-refractivity contribution in [1.82, 2.24) is 10.2 Å². The number of hydrogen-bond donors (Lipinski definition) is 3. The molecular weight excluding hydrogens is 550 g/mol. The summed E-state index contributed by atoms with van der Waals surface area (Å²) in [5, 5.41) is 5.68. The molecule has 0 bridgehead atoms. The van der Waals surface area contributed by atoms with Crippen molar-refractivity contribution in [3.8, 4) is 5.75 Å². The van der Waals surface area contributed by atoms with Crippen LogP contribution in [0.1, 0.15) is 89.0 Å². The number of hydrogen-bond acceptors (Lipinski definition) is 6. The molecule has 8 nitrogen and oxygen atoms in total. The van der Waals surface area contributed by atoms with Crippen LogP contribution in [0.5, 0.6) is 5.75 Å². The highest BCUT2D eigenvalue weighted by Crippen LogP contribution is 2.29. The molecule has 2 unspecified atom stereocenters. The van der Waals surface area contributed by atoms with Crippen molar-refractivity contribution in [3.63, 3.8) is 0 Å². The summed E-state index contributed by atoms with van der Waals surface area (Å²) in [5.74, 6) is -0.0163. The number of aryl methyl sites for hydroxylation is 1. The van der Waals surface area contributed by atoms with Gasteiger partial charge >= 0.3 is 6.09 Å². The highest BCUT2D eigenvalue weighted by Gasteiger charge is 2.36. The number of carbonyl (C=O) groups is 3. The molecule has 0 saturated carbocycles. The van der Waals surface area contributed by atoms with Gasteiger partial charge in [-0.25, -0.2) is 4.79 Å². The molecule has 0 radical (unpaired) electrons. The van der Waals surface area contributed by atoms with E-state index in [1.54, 1.807) is 57.0 Å². The second-order valence-corrected chi connectivity index (χ2v) is 12.0. The number of ether oxygens (including phenoxy) is 2. The normalized spacial score (nSPS) is 12.7. The average molecular weight is 600 g/mol. The Hall–Kier alpha value is -3.20. The molecule has 2 aromatic carbocycles. The quantitative estimate of drug-likeness (QED) is 0.151. The van der Waals surface area contributed by atoms with Crippen LogP contribution in [-0.4, -0.2) is 53.9 Å². The number of carbonyl (C=O) groups excluding carboxylic acids is 3. The van der Waals surface area contributed by atoms with Crippen molar-refractivity contribution >= 4 is 36.2 Å². The van der Waals surface area contributed by atoms with Crippen molar-refractivity contribution < 1.29 is 23.9 Å². The fourth-order valence-corrected chi connectivity index (χ4v) is 4.92. The third-order valence-electron chi connectivity index (χ3n) is 7.07. The summed E-state index contributed by atoms with van der Waals surface area (Å²) in [5.41, 5.74) is 2.53. The van der Waals surface area contributed by atoms with E-state index in [4.69, 9.17) is 9.47 Å². The zero-order chi connectivity index (χ0) is 31.3. The summed E-state index contributed by atoms with van der Waals surface area (Å²) in [6.07, 6.45) is 5.42. The number of alkyl carbamates (subject to hydrolysis) is 1. The van der Waals surface area contributed by atoms with Gasteiger partial charge in [0.05, 0.1) is 7.11 Å². The Morgan fingerprint density at radius 3 is 2.19 bits per heavy atom. The van der Waals surface area contributed by atoms with Gasteiger partial charge < -0.3 is 25.0 Å². The minimum Gasteiger partial charge on any atom is -0.497 e. The molecule has 2 rings (SSSR count). The van der Waals surface area contributed by atoms with Gasteiger partial charge in [0.1, 0.15) is 23.4 Å². The lowest BCUT2D eigenvalue weighted by Crippen LogP contribution is -2.53. The molecule has 0 aliphatic heterocycles. The van der Waals surface area contributed by atoms with Crippen molar-refractivity contribution in [2.75, 3.05) is 24.7 Å². The molecule has 2 N–H and O–H groups in total.